The second kappa shape index (κ2) is 8.86. The number of rotatable bonds is 8. The summed E-state index contributed by atoms with van der Waals surface area (Å²) >= 11 is 5.99. The first kappa shape index (κ1) is 19.8. The van der Waals surface area contributed by atoms with Gasteiger partial charge in [0.1, 0.15) is 24.2 Å². The lowest BCUT2D eigenvalue weighted by molar-refractivity contribution is -0.184. The molecule has 0 aliphatic carbocycles. The number of phenolic OH excluding ortho intramolecular Hbond substituents is 1. The van der Waals surface area contributed by atoms with E-state index in [9.17, 15) is 5.11 Å². The fourth-order valence-corrected chi connectivity index (χ4v) is 3.49. The van der Waals surface area contributed by atoms with E-state index in [2.05, 4.69) is 4.98 Å². The van der Waals surface area contributed by atoms with Crippen molar-refractivity contribution < 1.29 is 19.3 Å². The Morgan fingerprint density at radius 2 is 1.97 bits per heavy atom. The average molecular weight is 415 g/mol. The third kappa shape index (κ3) is 5.29. The standard InChI is InChI=1S/C22H23ClN2O4/c23-18-3-1-17(2-4-18)9-10-22(15-25-12-11-24-16-25)28-14-21(29-22)13-27-20-7-5-19(26)6-8-20/h1-8,11-12,16,21,26H,9-10,13-15H2/t21-,22+/m0/s1. The van der Waals surface area contributed by atoms with Crippen molar-refractivity contribution in [1.29, 1.82) is 0 Å². The van der Waals surface area contributed by atoms with Gasteiger partial charge in [-0.15, -0.1) is 0 Å². The Morgan fingerprint density at radius 1 is 1.17 bits per heavy atom. The van der Waals surface area contributed by atoms with Gasteiger partial charge in [0.25, 0.3) is 0 Å². The molecule has 0 saturated carbocycles. The number of aryl methyl sites for hydroxylation is 1. The Balaban J connectivity index is 1.40. The van der Waals surface area contributed by atoms with Crippen molar-refractivity contribution in [3.8, 4) is 11.5 Å². The highest BCUT2D eigenvalue weighted by atomic mass is 35.5. The molecule has 0 spiro atoms. The molecule has 2 aromatic carbocycles. The maximum absolute atomic E-state index is 9.38. The molecule has 1 aromatic heterocycles. The van der Waals surface area contributed by atoms with Gasteiger partial charge in [0.15, 0.2) is 5.79 Å². The van der Waals surface area contributed by atoms with Crippen molar-refractivity contribution in [2.75, 3.05) is 13.2 Å². The molecule has 0 amide bonds. The lowest BCUT2D eigenvalue weighted by atomic mass is 10.0. The van der Waals surface area contributed by atoms with E-state index in [1.807, 2.05) is 35.0 Å². The van der Waals surface area contributed by atoms with Gasteiger partial charge in [0.05, 0.1) is 19.5 Å². The zero-order chi connectivity index (χ0) is 20.1. The Bertz CT molecular complexity index is 900. The third-order valence-electron chi connectivity index (χ3n) is 4.88. The molecule has 1 aliphatic heterocycles. The minimum absolute atomic E-state index is 0.183. The van der Waals surface area contributed by atoms with E-state index in [1.54, 1.807) is 36.8 Å². The normalized spacial score (nSPS) is 21.3. The van der Waals surface area contributed by atoms with Crippen LogP contribution in [0.25, 0.3) is 0 Å². The molecule has 6 nitrogen and oxygen atoms in total. The fourth-order valence-electron chi connectivity index (χ4n) is 3.37. The van der Waals surface area contributed by atoms with Crippen LogP contribution in [0.15, 0.2) is 67.3 Å². The largest absolute Gasteiger partial charge is 0.508 e. The van der Waals surface area contributed by atoms with Crippen molar-refractivity contribution in [2.45, 2.75) is 31.3 Å². The number of aromatic nitrogens is 2. The van der Waals surface area contributed by atoms with Crippen molar-refractivity contribution >= 4 is 11.6 Å². The van der Waals surface area contributed by atoms with Gasteiger partial charge in [-0.2, -0.15) is 0 Å². The highest BCUT2D eigenvalue weighted by Crippen LogP contribution is 2.31. The predicted molar refractivity (Wildman–Crippen MR) is 109 cm³/mol. The van der Waals surface area contributed by atoms with Gasteiger partial charge in [-0.3, -0.25) is 0 Å². The first-order valence-corrected chi connectivity index (χ1v) is 9.92. The van der Waals surface area contributed by atoms with Crippen LogP contribution >= 0.6 is 11.6 Å². The molecule has 1 aliphatic rings. The van der Waals surface area contributed by atoms with Crippen molar-refractivity contribution in [1.82, 2.24) is 9.55 Å². The second-order valence-electron chi connectivity index (χ2n) is 7.13. The molecule has 3 aromatic rings. The van der Waals surface area contributed by atoms with Gasteiger partial charge in [0.2, 0.25) is 0 Å². The summed E-state index contributed by atoms with van der Waals surface area (Å²) in [6, 6.07) is 14.5. The number of imidazole rings is 1. The van der Waals surface area contributed by atoms with Gasteiger partial charge in [-0.25, -0.2) is 4.98 Å². The molecule has 1 fully saturated rings. The Kier molecular flexibility index (Phi) is 6.04. The highest BCUT2D eigenvalue weighted by molar-refractivity contribution is 6.30. The van der Waals surface area contributed by atoms with Crippen LogP contribution < -0.4 is 4.74 Å². The monoisotopic (exact) mass is 414 g/mol. The topological polar surface area (TPSA) is 65.7 Å². The van der Waals surface area contributed by atoms with Crippen LogP contribution in [0.4, 0.5) is 0 Å². The molecular formula is C22H23ClN2O4. The van der Waals surface area contributed by atoms with E-state index >= 15 is 0 Å². The van der Waals surface area contributed by atoms with Crippen LogP contribution in [-0.4, -0.2) is 39.8 Å². The third-order valence-corrected chi connectivity index (χ3v) is 5.13. The first-order valence-electron chi connectivity index (χ1n) is 9.54. The van der Waals surface area contributed by atoms with Gasteiger partial charge in [-0.1, -0.05) is 23.7 Å². The van der Waals surface area contributed by atoms with E-state index in [1.165, 1.54) is 5.56 Å². The smallest absolute Gasteiger partial charge is 0.187 e. The molecular weight excluding hydrogens is 392 g/mol. The SMILES string of the molecule is Oc1ccc(OC[C@H]2CO[C@@](CCc3ccc(Cl)cc3)(Cn3ccnc3)O2)cc1. The Morgan fingerprint density at radius 3 is 2.69 bits per heavy atom. The van der Waals surface area contributed by atoms with E-state index in [0.29, 0.717) is 31.9 Å². The first-order chi connectivity index (χ1) is 14.1. The summed E-state index contributed by atoms with van der Waals surface area (Å²) in [6.45, 7) is 1.38. The van der Waals surface area contributed by atoms with Crippen molar-refractivity contribution in [2.24, 2.45) is 0 Å². The number of phenols is 1. The molecule has 2 atom stereocenters. The Hall–Kier alpha value is -2.54. The number of halogens is 1. The van der Waals surface area contributed by atoms with E-state index in [4.69, 9.17) is 25.8 Å². The van der Waals surface area contributed by atoms with Crippen LogP contribution in [-0.2, 0) is 22.4 Å². The van der Waals surface area contributed by atoms with Gasteiger partial charge in [-0.05, 0) is 48.4 Å². The number of aromatic hydroxyl groups is 1. The van der Waals surface area contributed by atoms with Gasteiger partial charge in [0, 0.05) is 23.8 Å². The van der Waals surface area contributed by atoms with Crippen LogP contribution in [0.2, 0.25) is 5.02 Å². The summed E-state index contributed by atoms with van der Waals surface area (Å²) in [5, 5.41) is 10.1. The number of hydrogen-bond donors (Lipinski definition) is 1. The molecule has 1 saturated heterocycles. The van der Waals surface area contributed by atoms with Gasteiger partial charge < -0.3 is 23.9 Å². The molecule has 1 N–H and O–H groups in total. The summed E-state index contributed by atoms with van der Waals surface area (Å²) in [5.74, 6) is 0.141. The van der Waals surface area contributed by atoms with Crippen molar-refractivity contribution in [3.63, 3.8) is 0 Å². The average Bonchev–Trinajstić information content (AvgIpc) is 3.38. The zero-order valence-corrected chi connectivity index (χ0v) is 16.7. The summed E-state index contributed by atoms with van der Waals surface area (Å²) in [7, 11) is 0. The van der Waals surface area contributed by atoms with Crippen LogP contribution in [0.1, 0.15) is 12.0 Å². The lowest BCUT2D eigenvalue weighted by Gasteiger charge is -2.28. The molecule has 0 unspecified atom stereocenters. The molecule has 29 heavy (non-hydrogen) atoms. The fraction of sp³-hybridized carbons (Fsp3) is 0.318. The van der Waals surface area contributed by atoms with Gasteiger partial charge >= 0.3 is 0 Å². The van der Waals surface area contributed by atoms with E-state index < -0.39 is 5.79 Å². The summed E-state index contributed by atoms with van der Waals surface area (Å²) in [5.41, 5.74) is 1.18. The maximum atomic E-state index is 9.38. The van der Waals surface area contributed by atoms with Crippen LogP contribution in [0, 0.1) is 0 Å². The Labute approximate surface area is 174 Å². The molecule has 0 bridgehead atoms. The number of benzene rings is 2. The molecule has 2 heterocycles. The van der Waals surface area contributed by atoms with E-state index in [-0.39, 0.29) is 11.9 Å². The minimum atomic E-state index is -0.747. The lowest BCUT2D eigenvalue weighted by Crippen LogP contribution is -2.37. The summed E-state index contributed by atoms with van der Waals surface area (Å²) in [4.78, 5) is 4.12. The second-order valence-corrected chi connectivity index (χ2v) is 7.56. The molecule has 152 valence electrons. The molecule has 7 heteroatoms. The maximum Gasteiger partial charge on any atom is 0.187 e. The predicted octanol–water partition coefficient (Wildman–Crippen LogP) is 4.07. The van der Waals surface area contributed by atoms with E-state index in [0.717, 1.165) is 11.4 Å². The summed E-state index contributed by atoms with van der Waals surface area (Å²) < 4.78 is 20.3. The molecule has 0 radical (unpaired) electrons. The minimum Gasteiger partial charge on any atom is -0.508 e. The number of ether oxygens (including phenoxy) is 3. The van der Waals surface area contributed by atoms with Crippen LogP contribution in [0.5, 0.6) is 11.5 Å². The van der Waals surface area contributed by atoms with Crippen LogP contribution in [0.3, 0.4) is 0 Å². The number of nitrogens with zero attached hydrogens (tertiary/aromatic N) is 2. The number of hydrogen-bond acceptors (Lipinski definition) is 5. The van der Waals surface area contributed by atoms with Crippen molar-refractivity contribution in [3.05, 3.63) is 77.8 Å². The molecule has 4 rings (SSSR count). The zero-order valence-electron chi connectivity index (χ0n) is 15.9. The summed E-state index contributed by atoms with van der Waals surface area (Å²) in [6.07, 6.45) is 6.72. The quantitative estimate of drug-likeness (QED) is 0.602. The highest BCUT2D eigenvalue weighted by Gasteiger charge is 2.42.